The summed E-state index contributed by atoms with van der Waals surface area (Å²) >= 11 is 0. The summed E-state index contributed by atoms with van der Waals surface area (Å²) in [5.41, 5.74) is 1.46. The molecule has 152 valence electrons. The largest absolute Gasteiger partial charge is 0.396 e. The number of aromatic nitrogens is 1. The molecule has 1 saturated heterocycles. The van der Waals surface area contributed by atoms with Crippen molar-refractivity contribution in [2.75, 3.05) is 6.61 Å². The number of carbonyl (C=O) groups is 2. The van der Waals surface area contributed by atoms with Crippen LogP contribution in [-0.2, 0) is 16.1 Å². The molecule has 2 aliphatic heterocycles. The van der Waals surface area contributed by atoms with Crippen LogP contribution in [-0.4, -0.2) is 39.0 Å². The third-order valence-electron chi connectivity index (χ3n) is 6.24. The van der Waals surface area contributed by atoms with Gasteiger partial charge in [0.1, 0.15) is 0 Å². The monoisotopic (exact) mass is 395 g/mol. The van der Waals surface area contributed by atoms with Crippen LogP contribution in [0.2, 0.25) is 0 Å². The summed E-state index contributed by atoms with van der Waals surface area (Å²) in [5.74, 6) is -1.45. The van der Waals surface area contributed by atoms with Crippen LogP contribution in [0.25, 0.3) is 0 Å². The molecule has 1 aromatic heterocycles. The molecule has 3 heterocycles. The number of hydrogen-bond donors (Lipinski definition) is 2. The molecule has 1 fully saturated rings. The van der Waals surface area contributed by atoms with Gasteiger partial charge in [-0.2, -0.15) is 0 Å². The number of aliphatic hydroxyl groups is 1. The smallest absolute Gasteiger partial charge is 0.250 e. The Bertz CT molecular complexity index is 987. The lowest BCUT2D eigenvalue weighted by Crippen LogP contribution is -2.48. The Morgan fingerprint density at radius 3 is 2.55 bits per heavy atom. The van der Waals surface area contributed by atoms with E-state index in [0.717, 1.165) is 5.56 Å². The van der Waals surface area contributed by atoms with E-state index in [9.17, 15) is 19.5 Å². The van der Waals surface area contributed by atoms with Crippen LogP contribution in [0, 0.1) is 11.8 Å². The van der Waals surface area contributed by atoms with Gasteiger partial charge in [0.15, 0.2) is 0 Å². The molecule has 2 bridgehead atoms. The van der Waals surface area contributed by atoms with Crippen molar-refractivity contribution in [2.24, 2.45) is 11.8 Å². The Balaban J connectivity index is 1.72. The molecule has 4 rings (SSSR count). The van der Waals surface area contributed by atoms with Crippen molar-refractivity contribution in [1.82, 2.24) is 14.8 Å². The number of fused-ring (bicyclic) bond motifs is 4. The highest BCUT2D eigenvalue weighted by atomic mass is 16.3. The molecular formula is C22H25N3O4. The number of nitrogens with zero attached hydrogens (tertiary/aromatic N) is 2. The highest BCUT2D eigenvalue weighted by Gasteiger charge is 2.56. The summed E-state index contributed by atoms with van der Waals surface area (Å²) in [6.45, 7) is 3.43. The van der Waals surface area contributed by atoms with Crippen molar-refractivity contribution < 1.29 is 14.7 Å². The van der Waals surface area contributed by atoms with Gasteiger partial charge in [-0.1, -0.05) is 36.4 Å². The van der Waals surface area contributed by atoms with E-state index in [1.807, 2.05) is 37.3 Å². The molecule has 0 unspecified atom stereocenters. The van der Waals surface area contributed by atoms with Gasteiger partial charge in [-0.05, 0) is 18.6 Å². The number of carbonyl (C=O) groups excluding carboxylic acids is 2. The molecule has 2 aliphatic rings. The molecule has 7 nitrogen and oxygen atoms in total. The molecular weight excluding hydrogens is 370 g/mol. The quantitative estimate of drug-likeness (QED) is 0.815. The highest BCUT2D eigenvalue weighted by Crippen LogP contribution is 2.48. The number of benzene rings is 1. The lowest BCUT2D eigenvalue weighted by Gasteiger charge is -2.37. The molecule has 0 radical (unpaired) electrons. The summed E-state index contributed by atoms with van der Waals surface area (Å²) in [6.07, 6.45) is 0. The molecule has 5 atom stereocenters. The van der Waals surface area contributed by atoms with Crippen LogP contribution in [0.1, 0.15) is 37.2 Å². The Hall–Kier alpha value is -2.93. The maximum absolute atomic E-state index is 13.4. The maximum atomic E-state index is 13.4. The van der Waals surface area contributed by atoms with Gasteiger partial charge in [0.2, 0.25) is 11.8 Å². The molecule has 0 aliphatic carbocycles. The summed E-state index contributed by atoms with van der Waals surface area (Å²) in [4.78, 5) is 39.9. The Morgan fingerprint density at radius 1 is 1.17 bits per heavy atom. The zero-order valence-electron chi connectivity index (χ0n) is 16.5. The second kappa shape index (κ2) is 7.48. The third kappa shape index (κ3) is 3.15. The fourth-order valence-electron chi connectivity index (χ4n) is 4.92. The predicted molar refractivity (Wildman–Crippen MR) is 107 cm³/mol. The number of aliphatic hydroxyl groups excluding tert-OH is 1. The first-order chi connectivity index (χ1) is 13.9. The average molecular weight is 395 g/mol. The molecule has 0 spiro atoms. The van der Waals surface area contributed by atoms with Crippen molar-refractivity contribution in [1.29, 1.82) is 0 Å². The predicted octanol–water partition coefficient (Wildman–Crippen LogP) is 1.24. The molecule has 29 heavy (non-hydrogen) atoms. The van der Waals surface area contributed by atoms with E-state index in [4.69, 9.17) is 0 Å². The molecule has 1 aromatic carbocycles. The van der Waals surface area contributed by atoms with Crippen molar-refractivity contribution in [3.8, 4) is 0 Å². The van der Waals surface area contributed by atoms with E-state index in [1.54, 1.807) is 21.6 Å². The molecule has 0 saturated carbocycles. The second-order valence-electron chi connectivity index (χ2n) is 7.85. The Morgan fingerprint density at radius 2 is 1.90 bits per heavy atom. The number of amides is 2. The van der Waals surface area contributed by atoms with Crippen LogP contribution in [0.5, 0.6) is 0 Å². The third-order valence-corrected chi connectivity index (χ3v) is 6.24. The lowest BCUT2D eigenvalue weighted by molar-refractivity contribution is -0.134. The van der Waals surface area contributed by atoms with Gasteiger partial charge in [0.05, 0.1) is 24.0 Å². The number of pyridine rings is 1. The number of hydrogen-bond acceptors (Lipinski definition) is 4. The van der Waals surface area contributed by atoms with Crippen LogP contribution < -0.4 is 10.9 Å². The average Bonchev–Trinajstić information content (AvgIpc) is 2.96. The van der Waals surface area contributed by atoms with E-state index in [1.165, 1.54) is 13.0 Å². The fraction of sp³-hybridized carbons (Fsp3) is 0.409. The van der Waals surface area contributed by atoms with E-state index < -0.39 is 23.9 Å². The van der Waals surface area contributed by atoms with Gasteiger partial charge in [-0.15, -0.1) is 0 Å². The highest BCUT2D eigenvalue weighted by molar-refractivity contribution is 5.84. The molecule has 7 heteroatoms. The van der Waals surface area contributed by atoms with E-state index in [2.05, 4.69) is 5.32 Å². The minimum atomic E-state index is -0.629. The Labute approximate surface area is 169 Å². The summed E-state index contributed by atoms with van der Waals surface area (Å²) < 4.78 is 1.63. The van der Waals surface area contributed by atoms with Crippen molar-refractivity contribution >= 4 is 11.8 Å². The summed E-state index contributed by atoms with van der Waals surface area (Å²) in [7, 11) is 0. The normalized spacial score (nSPS) is 26.0. The number of nitrogens with one attached hydrogen (secondary N) is 1. The molecule has 2 aromatic rings. The van der Waals surface area contributed by atoms with Crippen LogP contribution in [0.15, 0.2) is 53.3 Å². The van der Waals surface area contributed by atoms with Crippen LogP contribution in [0.4, 0.5) is 0 Å². The van der Waals surface area contributed by atoms with Gasteiger partial charge in [0, 0.05) is 37.8 Å². The first kappa shape index (κ1) is 19.4. The Kier molecular flexibility index (Phi) is 5.00. The minimum Gasteiger partial charge on any atom is -0.396 e. The van der Waals surface area contributed by atoms with E-state index >= 15 is 0 Å². The van der Waals surface area contributed by atoms with Crippen molar-refractivity contribution in [3.63, 3.8) is 0 Å². The zero-order valence-corrected chi connectivity index (χ0v) is 16.5. The first-order valence-electron chi connectivity index (χ1n) is 9.89. The molecule has 2 amide bonds. The van der Waals surface area contributed by atoms with Gasteiger partial charge in [0.25, 0.3) is 5.56 Å². The lowest BCUT2D eigenvalue weighted by atomic mass is 9.86. The number of rotatable bonds is 4. The summed E-state index contributed by atoms with van der Waals surface area (Å²) in [5, 5.41) is 13.2. The topological polar surface area (TPSA) is 91.6 Å². The fourth-order valence-corrected chi connectivity index (χ4v) is 4.92. The van der Waals surface area contributed by atoms with Gasteiger partial charge in [-0.25, -0.2) is 0 Å². The van der Waals surface area contributed by atoms with Gasteiger partial charge < -0.3 is 19.9 Å². The minimum absolute atomic E-state index is 0.156. The second-order valence-corrected chi connectivity index (χ2v) is 7.85. The maximum Gasteiger partial charge on any atom is 0.250 e. The van der Waals surface area contributed by atoms with E-state index in [-0.39, 0.29) is 36.6 Å². The SMILES string of the molecule is CC(=O)N1[C@@H]2c3cccc(=O)n3C[C@H]1[C@H](CO)[C@H]2C(=O)N[C@@H](C)c1ccccc1. The van der Waals surface area contributed by atoms with Crippen molar-refractivity contribution in [2.45, 2.75) is 38.5 Å². The van der Waals surface area contributed by atoms with Crippen LogP contribution in [0.3, 0.4) is 0 Å². The molecule has 2 N–H and O–H groups in total. The van der Waals surface area contributed by atoms with Crippen molar-refractivity contribution in [3.05, 3.63) is 70.1 Å². The van der Waals surface area contributed by atoms with Crippen LogP contribution >= 0.6 is 0 Å². The van der Waals surface area contributed by atoms with Gasteiger partial charge >= 0.3 is 0 Å². The van der Waals surface area contributed by atoms with Gasteiger partial charge in [-0.3, -0.25) is 14.4 Å². The standard InChI is InChI=1S/C22H25N3O4/c1-13(15-7-4-3-5-8-15)23-22(29)20-16(12-26)18-11-24-17(9-6-10-19(24)28)21(20)25(18)14(2)27/h3-10,13,16,18,20-21,26H,11-12H2,1-2H3,(H,23,29)/t13-,16-,18-,20+,21+/m0/s1. The zero-order chi connectivity index (χ0) is 20.7. The summed E-state index contributed by atoms with van der Waals surface area (Å²) in [6, 6.07) is 13.4. The first-order valence-corrected chi connectivity index (χ1v) is 9.89. The van der Waals surface area contributed by atoms with E-state index in [0.29, 0.717) is 5.69 Å².